The van der Waals surface area contributed by atoms with Crippen LogP contribution in [0.25, 0.3) is 0 Å². The first kappa shape index (κ1) is 47.5. The molecule has 25 N–H and O–H groups in total. The van der Waals surface area contributed by atoms with Gasteiger partial charge in [-0.25, -0.2) is 0 Å². The molecule has 0 spiro atoms. The molecule has 23 heteroatoms. The lowest BCUT2D eigenvalue weighted by Crippen LogP contribution is -2.68. The molecule has 2 saturated carbocycles. The fourth-order valence-corrected chi connectivity index (χ4v) is 7.07. The number of likely N-dealkylation sites (N-methyl/N-ethyl adjacent to an activating group) is 1. The lowest BCUT2D eigenvalue weighted by Gasteiger charge is -2.47. The van der Waals surface area contributed by atoms with Crippen LogP contribution in [-0.4, -0.2) is 225 Å². The average molecular weight is 790 g/mol. The van der Waals surface area contributed by atoms with Crippen molar-refractivity contribution in [2.75, 3.05) is 46.4 Å². The van der Waals surface area contributed by atoms with Crippen LogP contribution < -0.4 is 45.9 Å². The van der Waals surface area contributed by atoms with Gasteiger partial charge in [0.2, 0.25) is 0 Å². The van der Waals surface area contributed by atoms with Crippen LogP contribution in [0.15, 0.2) is 0 Å². The van der Waals surface area contributed by atoms with E-state index in [1.165, 1.54) is 0 Å². The van der Waals surface area contributed by atoms with E-state index in [1.54, 1.807) is 11.9 Å². The number of nitrogens with two attached hydrogens (primary N) is 8. The largest absolute Gasteiger partial charge is 0.390 e. The molecule has 19 unspecified atom stereocenters. The van der Waals surface area contributed by atoms with Gasteiger partial charge in [0.25, 0.3) is 0 Å². The van der Waals surface area contributed by atoms with Gasteiger partial charge in [-0.05, 0) is 32.9 Å². The van der Waals surface area contributed by atoms with Gasteiger partial charge in [-0.3, -0.25) is 0 Å². The van der Waals surface area contributed by atoms with Crippen molar-refractivity contribution in [2.24, 2.45) is 45.9 Å². The first-order valence-electron chi connectivity index (χ1n) is 18.3. The minimum Gasteiger partial charge on any atom is -0.390 e. The van der Waals surface area contributed by atoms with Gasteiger partial charge in [0.05, 0.1) is 61.9 Å². The number of hydrogen-bond donors (Lipinski definition) is 17. The Morgan fingerprint density at radius 1 is 0.704 bits per heavy atom. The normalized spacial score (nSPS) is 41.3. The number of aliphatic hydroxyl groups excluding tert-OH is 9. The standard InChI is InChI=1S/C31H67N9O14/c1-40(7-11(41)9-50-28-21(44)13(34)4-15(36)26(28)53-30(49)19(38)23(46)17(43)2-3-32)8-12(42)10-51-29-22(45)14(35)5-16(37)27(29)54-31-20(39)25(48)24(47)18(6-33)52-31/h11-31,41-49H,2-10,32-39H2,1H3/t11-,12-,13?,14?,15?,16?,17?,18?,19?,20?,21?,22?,23?,24?,25?,26?,27?,28?,29?,30?,31?/m1/s1. The number of hydrogen-bond acceptors (Lipinski definition) is 23. The van der Waals surface area contributed by atoms with Gasteiger partial charge in [0.15, 0.2) is 12.6 Å². The topological polar surface area (TPSA) is 440 Å². The molecule has 23 nitrogen and oxygen atoms in total. The first-order chi connectivity index (χ1) is 25.3. The van der Waals surface area contributed by atoms with Gasteiger partial charge < -0.3 is 120 Å². The van der Waals surface area contributed by atoms with Crippen molar-refractivity contribution >= 4 is 0 Å². The summed E-state index contributed by atoms with van der Waals surface area (Å²) < 4.78 is 29.0. The van der Waals surface area contributed by atoms with Gasteiger partial charge >= 0.3 is 0 Å². The van der Waals surface area contributed by atoms with Crippen LogP contribution >= 0.6 is 0 Å². The monoisotopic (exact) mass is 789 g/mol. The number of ether oxygens (including phenoxy) is 5. The molecule has 3 aliphatic rings. The third kappa shape index (κ3) is 12.3. The highest BCUT2D eigenvalue weighted by molar-refractivity contribution is 5.01. The smallest absolute Gasteiger partial charge is 0.176 e. The average Bonchev–Trinajstić information content (AvgIpc) is 3.11. The second kappa shape index (κ2) is 21.7. The highest BCUT2D eigenvalue weighted by atomic mass is 16.7. The molecule has 1 heterocycles. The van der Waals surface area contributed by atoms with E-state index in [0.29, 0.717) is 0 Å². The highest BCUT2D eigenvalue weighted by Crippen LogP contribution is 2.29. The van der Waals surface area contributed by atoms with E-state index in [1.807, 2.05) is 0 Å². The summed E-state index contributed by atoms with van der Waals surface area (Å²) in [4.78, 5) is 1.57. The minimum absolute atomic E-state index is 0.0181. The molecule has 2 aliphatic carbocycles. The quantitative estimate of drug-likeness (QED) is 0.0509. The Bertz CT molecular complexity index is 1080. The molecular weight excluding hydrogens is 722 g/mol. The molecule has 0 amide bonds. The zero-order chi connectivity index (χ0) is 40.6. The molecule has 0 radical (unpaired) electrons. The first-order valence-corrected chi connectivity index (χ1v) is 18.3. The predicted molar refractivity (Wildman–Crippen MR) is 189 cm³/mol. The van der Waals surface area contributed by atoms with Gasteiger partial charge in [0.1, 0.15) is 42.7 Å². The molecule has 0 aromatic carbocycles. The lowest BCUT2D eigenvalue weighted by atomic mass is 9.84. The van der Waals surface area contributed by atoms with E-state index in [-0.39, 0.29) is 58.7 Å². The molecule has 1 aliphatic heterocycles. The van der Waals surface area contributed by atoms with E-state index in [2.05, 4.69) is 0 Å². The maximum absolute atomic E-state index is 10.9. The Balaban J connectivity index is 1.55. The summed E-state index contributed by atoms with van der Waals surface area (Å²) >= 11 is 0. The van der Waals surface area contributed by atoms with Gasteiger partial charge in [0, 0.05) is 43.8 Å². The van der Waals surface area contributed by atoms with Crippen LogP contribution in [0.3, 0.4) is 0 Å². The molecule has 1 saturated heterocycles. The van der Waals surface area contributed by atoms with Gasteiger partial charge in [-0.2, -0.15) is 0 Å². The van der Waals surface area contributed by atoms with Crippen LogP contribution in [0.5, 0.6) is 0 Å². The Morgan fingerprint density at radius 2 is 1.20 bits per heavy atom. The fourth-order valence-electron chi connectivity index (χ4n) is 7.07. The van der Waals surface area contributed by atoms with Crippen molar-refractivity contribution in [2.45, 2.75) is 147 Å². The second-order valence-corrected chi connectivity index (χ2v) is 14.9. The van der Waals surface area contributed by atoms with Crippen LogP contribution in [0.4, 0.5) is 0 Å². The molecule has 0 aromatic heterocycles. The molecular formula is C31H67N9O14. The van der Waals surface area contributed by atoms with Crippen LogP contribution in [0.2, 0.25) is 0 Å². The summed E-state index contributed by atoms with van der Waals surface area (Å²) in [6.45, 7) is -0.824. The van der Waals surface area contributed by atoms with Crippen LogP contribution in [0.1, 0.15) is 19.3 Å². The summed E-state index contributed by atoms with van der Waals surface area (Å²) in [5.74, 6) is 0. The number of aliphatic hydroxyl groups is 9. The zero-order valence-corrected chi connectivity index (χ0v) is 30.6. The van der Waals surface area contributed by atoms with Crippen molar-refractivity contribution in [3.8, 4) is 0 Å². The van der Waals surface area contributed by atoms with Crippen molar-refractivity contribution in [1.29, 1.82) is 0 Å². The Hall–Kier alpha value is -0.920. The van der Waals surface area contributed by atoms with E-state index in [4.69, 9.17) is 69.6 Å². The van der Waals surface area contributed by atoms with Gasteiger partial charge in [-0.1, -0.05) is 0 Å². The zero-order valence-electron chi connectivity index (χ0n) is 30.6. The summed E-state index contributed by atoms with van der Waals surface area (Å²) in [6.07, 6.45) is -19.0. The van der Waals surface area contributed by atoms with Crippen LogP contribution in [0, 0.1) is 0 Å². The Labute approximate surface area is 314 Å². The summed E-state index contributed by atoms with van der Waals surface area (Å²) in [5, 5.41) is 94.9. The highest BCUT2D eigenvalue weighted by Gasteiger charge is 2.49. The summed E-state index contributed by atoms with van der Waals surface area (Å²) in [5.41, 5.74) is 47.7. The lowest BCUT2D eigenvalue weighted by molar-refractivity contribution is -0.292. The summed E-state index contributed by atoms with van der Waals surface area (Å²) in [7, 11) is 1.60. The van der Waals surface area contributed by atoms with E-state index < -0.39 is 128 Å². The van der Waals surface area contributed by atoms with Crippen molar-refractivity contribution in [3.05, 3.63) is 0 Å². The second-order valence-electron chi connectivity index (χ2n) is 14.9. The van der Waals surface area contributed by atoms with E-state index in [9.17, 15) is 46.0 Å². The van der Waals surface area contributed by atoms with E-state index in [0.717, 1.165) is 0 Å². The molecule has 21 atom stereocenters. The molecule has 3 fully saturated rings. The Morgan fingerprint density at radius 3 is 1.70 bits per heavy atom. The Kier molecular flexibility index (Phi) is 19.1. The summed E-state index contributed by atoms with van der Waals surface area (Å²) in [6, 6.07) is -5.88. The molecule has 0 bridgehead atoms. The third-order valence-corrected chi connectivity index (χ3v) is 10.3. The molecule has 54 heavy (non-hydrogen) atoms. The molecule has 3 rings (SSSR count). The van der Waals surface area contributed by atoms with Gasteiger partial charge in [-0.15, -0.1) is 0 Å². The maximum atomic E-state index is 10.9. The van der Waals surface area contributed by atoms with Crippen molar-refractivity contribution < 1.29 is 69.6 Å². The number of rotatable bonds is 20. The van der Waals surface area contributed by atoms with Crippen molar-refractivity contribution in [3.63, 3.8) is 0 Å². The maximum Gasteiger partial charge on any atom is 0.176 e. The van der Waals surface area contributed by atoms with E-state index >= 15 is 0 Å². The third-order valence-electron chi connectivity index (χ3n) is 10.3. The predicted octanol–water partition coefficient (Wildman–Crippen LogP) is -10.5. The number of nitrogens with zero attached hydrogens (tertiary/aromatic N) is 1. The molecule has 0 aromatic rings. The SMILES string of the molecule is CN(C[C@@H](O)COC1C(O)C(N)CC(N)C1OC(O)C(N)C(O)C(O)CCN)C[C@@H](O)COC1C(O)C(N)CC(N)C1OC1OC(CN)C(O)C(O)C1N. The minimum atomic E-state index is -1.83. The molecule has 320 valence electrons. The fraction of sp³-hybridized carbons (Fsp3) is 1.00. The van der Waals surface area contributed by atoms with Crippen LogP contribution in [-0.2, 0) is 23.7 Å². The van der Waals surface area contributed by atoms with Crippen molar-refractivity contribution in [1.82, 2.24) is 4.90 Å².